The Morgan fingerprint density at radius 1 is 1.24 bits per heavy atom. The zero-order valence-corrected chi connectivity index (χ0v) is 9.92. The third kappa shape index (κ3) is 2.23. The second-order valence-corrected chi connectivity index (χ2v) is 4.74. The molecule has 0 aliphatic carbocycles. The molecule has 0 amide bonds. The van der Waals surface area contributed by atoms with Crippen molar-refractivity contribution in [3.63, 3.8) is 0 Å². The molecule has 0 bridgehead atoms. The summed E-state index contributed by atoms with van der Waals surface area (Å²) in [6.45, 7) is 0. The van der Waals surface area contributed by atoms with Crippen molar-refractivity contribution in [1.82, 2.24) is 15.0 Å². The summed E-state index contributed by atoms with van der Waals surface area (Å²) in [7, 11) is 0. The Kier molecular flexibility index (Phi) is 2.90. The molecule has 0 fully saturated rings. The van der Waals surface area contributed by atoms with Crippen molar-refractivity contribution in [3.8, 4) is 0 Å². The molecule has 1 atom stereocenters. The molecule has 0 radical (unpaired) electrons. The van der Waals surface area contributed by atoms with Crippen molar-refractivity contribution in [2.75, 3.05) is 0 Å². The van der Waals surface area contributed by atoms with E-state index in [2.05, 4.69) is 45.3 Å². The van der Waals surface area contributed by atoms with Gasteiger partial charge in [0.1, 0.15) is 0 Å². The van der Waals surface area contributed by atoms with Gasteiger partial charge in [0, 0.05) is 0 Å². The number of aryl methyl sites for hydroxylation is 2. The monoisotopic (exact) mass is 227 g/mol. The summed E-state index contributed by atoms with van der Waals surface area (Å²) < 4.78 is 2.13. The van der Waals surface area contributed by atoms with Crippen LogP contribution in [0.4, 0.5) is 0 Å². The smallest absolute Gasteiger partial charge is 0.0725 e. The fourth-order valence-corrected chi connectivity index (χ4v) is 2.64. The van der Waals surface area contributed by atoms with Gasteiger partial charge < -0.3 is 0 Å². The summed E-state index contributed by atoms with van der Waals surface area (Å²) in [6.07, 6.45) is 7.85. The first kappa shape index (κ1) is 10.5. The Bertz CT molecular complexity index is 475. The summed E-state index contributed by atoms with van der Waals surface area (Å²) in [5.41, 5.74) is 2.72. The van der Waals surface area contributed by atoms with Crippen LogP contribution in [-0.4, -0.2) is 15.0 Å². The molecule has 0 spiro atoms. The van der Waals surface area contributed by atoms with E-state index in [0.29, 0.717) is 6.04 Å². The Morgan fingerprint density at radius 3 is 3.00 bits per heavy atom. The van der Waals surface area contributed by atoms with E-state index in [0.717, 1.165) is 12.8 Å². The number of hydrogen-bond acceptors (Lipinski definition) is 2. The number of aromatic nitrogens is 3. The minimum Gasteiger partial charge on any atom is -0.246 e. The first-order valence-electron chi connectivity index (χ1n) is 6.36. The Hall–Kier alpha value is -1.64. The van der Waals surface area contributed by atoms with Gasteiger partial charge in [0.25, 0.3) is 0 Å². The molecule has 0 unspecified atom stereocenters. The van der Waals surface area contributed by atoms with Crippen LogP contribution >= 0.6 is 0 Å². The van der Waals surface area contributed by atoms with Crippen LogP contribution in [0.25, 0.3) is 0 Å². The molecule has 17 heavy (non-hydrogen) atoms. The topological polar surface area (TPSA) is 30.7 Å². The fourth-order valence-electron chi connectivity index (χ4n) is 2.64. The highest BCUT2D eigenvalue weighted by atomic mass is 15.4. The van der Waals surface area contributed by atoms with Crippen LogP contribution in [0.1, 0.15) is 36.6 Å². The maximum Gasteiger partial charge on any atom is 0.0725 e. The lowest BCUT2D eigenvalue weighted by atomic mass is 9.97. The fraction of sp³-hybridized carbons (Fsp3) is 0.429. The highest BCUT2D eigenvalue weighted by Gasteiger charge is 2.20. The highest BCUT2D eigenvalue weighted by molar-refractivity contribution is 5.15. The molecule has 3 nitrogen and oxygen atoms in total. The molecular formula is C14H17N3. The van der Waals surface area contributed by atoms with Gasteiger partial charge in [-0.2, -0.15) is 0 Å². The summed E-state index contributed by atoms with van der Waals surface area (Å²) in [5, 5.41) is 8.24. The average Bonchev–Trinajstić information content (AvgIpc) is 2.86. The van der Waals surface area contributed by atoms with E-state index in [1.807, 2.05) is 6.20 Å². The summed E-state index contributed by atoms with van der Waals surface area (Å²) >= 11 is 0. The van der Waals surface area contributed by atoms with E-state index in [-0.39, 0.29) is 0 Å². The second-order valence-electron chi connectivity index (χ2n) is 4.74. The molecule has 1 aliphatic rings. The van der Waals surface area contributed by atoms with Crippen LogP contribution < -0.4 is 0 Å². The summed E-state index contributed by atoms with van der Waals surface area (Å²) in [4.78, 5) is 0. The van der Waals surface area contributed by atoms with Crippen LogP contribution in [0.15, 0.2) is 36.5 Å². The van der Waals surface area contributed by atoms with Crippen LogP contribution in [0.5, 0.6) is 0 Å². The van der Waals surface area contributed by atoms with E-state index < -0.39 is 0 Å². The van der Waals surface area contributed by atoms with Gasteiger partial charge in [-0.05, 0) is 37.7 Å². The molecular weight excluding hydrogens is 210 g/mol. The van der Waals surface area contributed by atoms with Gasteiger partial charge in [-0.25, -0.2) is 4.68 Å². The predicted molar refractivity (Wildman–Crippen MR) is 66.8 cm³/mol. The van der Waals surface area contributed by atoms with Gasteiger partial charge in [0.2, 0.25) is 0 Å². The van der Waals surface area contributed by atoms with Gasteiger partial charge >= 0.3 is 0 Å². The van der Waals surface area contributed by atoms with Crippen LogP contribution in [0.3, 0.4) is 0 Å². The van der Waals surface area contributed by atoms with Gasteiger partial charge in [-0.15, -0.1) is 5.10 Å². The van der Waals surface area contributed by atoms with Crippen LogP contribution in [0.2, 0.25) is 0 Å². The molecule has 2 heterocycles. The van der Waals surface area contributed by atoms with E-state index in [1.165, 1.54) is 30.5 Å². The van der Waals surface area contributed by atoms with Crippen molar-refractivity contribution >= 4 is 0 Å². The summed E-state index contributed by atoms with van der Waals surface area (Å²) in [5.74, 6) is 0. The third-order valence-corrected chi connectivity index (χ3v) is 3.57. The quantitative estimate of drug-likeness (QED) is 0.807. The first-order valence-corrected chi connectivity index (χ1v) is 6.36. The number of fused-ring (bicyclic) bond motifs is 1. The maximum absolute atomic E-state index is 4.22. The first-order chi connectivity index (χ1) is 8.43. The second kappa shape index (κ2) is 4.70. The number of benzene rings is 1. The molecule has 88 valence electrons. The normalized spacial score (nSPS) is 18.9. The predicted octanol–water partition coefficient (Wildman–Crippen LogP) is 2.79. The maximum atomic E-state index is 4.22. The average molecular weight is 227 g/mol. The van der Waals surface area contributed by atoms with Gasteiger partial charge in [0.15, 0.2) is 0 Å². The molecule has 0 N–H and O–H groups in total. The van der Waals surface area contributed by atoms with Crippen molar-refractivity contribution in [2.45, 2.75) is 38.1 Å². The van der Waals surface area contributed by atoms with E-state index in [1.54, 1.807) is 0 Å². The lowest BCUT2D eigenvalue weighted by Gasteiger charge is -2.23. The van der Waals surface area contributed by atoms with E-state index in [9.17, 15) is 0 Å². The summed E-state index contributed by atoms with van der Waals surface area (Å²) in [6, 6.07) is 11.2. The standard InChI is InChI=1S/C14H17N3/c1-2-5-12(6-3-1)9-10-13-7-4-8-14-11-15-16-17(13)14/h1-3,5-6,11,13H,4,7-10H2/t13-/m0/s1. The number of hydrogen-bond donors (Lipinski definition) is 0. The Balaban J connectivity index is 1.68. The van der Waals surface area contributed by atoms with Crippen molar-refractivity contribution in [1.29, 1.82) is 0 Å². The molecule has 1 aromatic heterocycles. The Labute approximate surface area is 101 Å². The Morgan fingerprint density at radius 2 is 2.12 bits per heavy atom. The third-order valence-electron chi connectivity index (χ3n) is 3.57. The van der Waals surface area contributed by atoms with Gasteiger partial charge in [0.05, 0.1) is 17.9 Å². The minimum atomic E-state index is 0.543. The highest BCUT2D eigenvalue weighted by Crippen LogP contribution is 2.26. The van der Waals surface area contributed by atoms with Crippen LogP contribution in [-0.2, 0) is 12.8 Å². The van der Waals surface area contributed by atoms with Crippen LogP contribution in [0, 0.1) is 0 Å². The lowest BCUT2D eigenvalue weighted by Crippen LogP contribution is -2.19. The van der Waals surface area contributed by atoms with Gasteiger partial charge in [-0.1, -0.05) is 35.5 Å². The number of rotatable bonds is 3. The van der Waals surface area contributed by atoms with Crippen molar-refractivity contribution in [3.05, 3.63) is 47.8 Å². The SMILES string of the molecule is c1ccc(CC[C@@H]2CCCc3cnnn32)cc1. The van der Waals surface area contributed by atoms with Crippen molar-refractivity contribution < 1.29 is 0 Å². The zero-order chi connectivity index (χ0) is 11.5. The molecule has 3 heteroatoms. The number of nitrogens with zero attached hydrogens (tertiary/aromatic N) is 3. The minimum absolute atomic E-state index is 0.543. The van der Waals surface area contributed by atoms with E-state index in [4.69, 9.17) is 0 Å². The van der Waals surface area contributed by atoms with Crippen molar-refractivity contribution in [2.24, 2.45) is 0 Å². The molecule has 0 saturated carbocycles. The molecule has 1 aromatic carbocycles. The molecule has 0 saturated heterocycles. The van der Waals surface area contributed by atoms with Gasteiger partial charge in [-0.3, -0.25) is 0 Å². The largest absolute Gasteiger partial charge is 0.246 e. The zero-order valence-electron chi connectivity index (χ0n) is 9.92. The molecule has 3 rings (SSSR count). The molecule has 1 aliphatic heterocycles. The molecule has 2 aromatic rings. The lowest BCUT2D eigenvalue weighted by molar-refractivity contribution is 0.341. The van der Waals surface area contributed by atoms with E-state index >= 15 is 0 Å².